The van der Waals surface area contributed by atoms with Crippen molar-refractivity contribution in [2.75, 3.05) is 7.05 Å². The molecule has 0 saturated carbocycles. The highest BCUT2D eigenvalue weighted by molar-refractivity contribution is 5.04. The van der Waals surface area contributed by atoms with Gasteiger partial charge in [-0.15, -0.1) is 0 Å². The van der Waals surface area contributed by atoms with Crippen molar-refractivity contribution >= 4 is 0 Å². The molecule has 0 bridgehead atoms. The highest BCUT2D eigenvalue weighted by Crippen LogP contribution is 2.06. The van der Waals surface area contributed by atoms with E-state index in [0.717, 1.165) is 17.9 Å². The predicted octanol–water partition coefficient (Wildman–Crippen LogP) is 1.19. The normalized spacial score (nSPS) is 9.93. The molecule has 0 fully saturated rings. The highest BCUT2D eigenvalue weighted by Gasteiger charge is 2.04. The smallest absolute Gasteiger partial charge is 0.179 e. The number of hydrogen-bond acceptors (Lipinski definition) is 3. The molecule has 0 amide bonds. The van der Waals surface area contributed by atoms with Crippen LogP contribution < -0.4 is 5.32 Å². The van der Waals surface area contributed by atoms with E-state index in [4.69, 9.17) is 4.74 Å². The molecule has 14 heavy (non-hydrogen) atoms. The summed E-state index contributed by atoms with van der Waals surface area (Å²) in [5.41, 5.74) is 1.05. The zero-order valence-corrected chi connectivity index (χ0v) is 9.00. The highest BCUT2D eigenvalue weighted by atomic mass is 16.5. The van der Waals surface area contributed by atoms with Crippen LogP contribution in [0.25, 0.3) is 0 Å². The summed E-state index contributed by atoms with van der Waals surface area (Å²) in [6.07, 6.45) is 2.77. The fourth-order valence-electron chi connectivity index (χ4n) is 1.18. The number of aromatic nitrogens is 2. The first-order valence-electron chi connectivity index (χ1n) is 4.68. The van der Waals surface area contributed by atoms with Gasteiger partial charge in [-0.3, -0.25) is 0 Å². The molecule has 4 nitrogen and oxygen atoms in total. The molecule has 78 valence electrons. The van der Waals surface area contributed by atoms with Gasteiger partial charge in [-0.1, -0.05) is 6.92 Å². The first-order valence-corrected chi connectivity index (χ1v) is 4.68. The monoisotopic (exact) mass is 195 g/mol. The van der Waals surface area contributed by atoms with Crippen LogP contribution in [0.2, 0.25) is 0 Å². The van der Waals surface area contributed by atoms with Crippen molar-refractivity contribution in [2.24, 2.45) is 7.05 Å². The standard InChI is InChI=1S/C10H17N3O/c1-5-10-12-6-9(13(10)4)7-14-8(2)11-3/h6,11H,2,5,7H2,1,3-4H3. The van der Waals surface area contributed by atoms with Crippen LogP contribution in [0.3, 0.4) is 0 Å². The second kappa shape index (κ2) is 4.69. The quantitative estimate of drug-likeness (QED) is 0.717. The molecule has 0 aliphatic heterocycles. The van der Waals surface area contributed by atoms with E-state index in [1.807, 2.05) is 17.8 Å². The first-order chi connectivity index (χ1) is 6.69. The van der Waals surface area contributed by atoms with E-state index in [2.05, 4.69) is 23.8 Å². The van der Waals surface area contributed by atoms with Crippen molar-refractivity contribution in [1.82, 2.24) is 14.9 Å². The van der Waals surface area contributed by atoms with Gasteiger partial charge in [-0.05, 0) is 6.58 Å². The zero-order chi connectivity index (χ0) is 10.6. The molecule has 0 aliphatic rings. The Bertz CT molecular complexity index is 317. The van der Waals surface area contributed by atoms with Crippen molar-refractivity contribution in [1.29, 1.82) is 0 Å². The summed E-state index contributed by atoms with van der Waals surface area (Å²) in [6, 6.07) is 0. The lowest BCUT2D eigenvalue weighted by atomic mass is 10.4. The van der Waals surface area contributed by atoms with E-state index in [1.165, 1.54) is 0 Å². The van der Waals surface area contributed by atoms with E-state index in [1.54, 1.807) is 7.05 Å². The Balaban J connectivity index is 2.59. The van der Waals surface area contributed by atoms with Gasteiger partial charge in [0, 0.05) is 20.5 Å². The average molecular weight is 195 g/mol. The summed E-state index contributed by atoms with van der Waals surface area (Å²) in [6.45, 7) is 6.27. The Hall–Kier alpha value is -1.45. The van der Waals surface area contributed by atoms with E-state index >= 15 is 0 Å². The molecular weight excluding hydrogens is 178 g/mol. The molecular formula is C10H17N3O. The number of rotatable bonds is 5. The Kier molecular flexibility index (Phi) is 3.56. The molecule has 1 N–H and O–H groups in total. The Morgan fingerprint density at radius 3 is 2.93 bits per heavy atom. The lowest BCUT2D eigenvalue weighted by Gasteiger charge is -2.08. The number of hydrogen-bond donors (Lipinski definition) is 1. The minimum Gasteiger partial charge on any atom is -0.473 e. The Labute approximate surface area is 84.6 Å². The maximum Gasteiger partial charge on any atom is 0.179 e. The van der Waals surface area contributed by atoms with E-state index in [9.17, 15) is 0 Å². The van der Waals surface area contributed by atoms with Crippen molar-refractivity contribution in [3.63, 3.8) is 0 Å². The minimum atomic E-state index is 0.503. The summed E-state index contributed by atoms with van der Waals surface area (Å²) in [5, 5.41) is 2.83. The third-order valence-electron chi connectivity index (χ3n) is 2.17. The third-order valence-corrected chi connectivity index (χ3v) is 2.17. The van der Waals surface area contributed by atoms with Crippen molar-refractivity contribution in [3.8, 4) is 0 Å². The van der Waals surface area contributed by atoms with Crippen molar-refractivity contribution in [3.05, 3.63) is 30.2 Å². The molecule has 4 heteroatoms. The number of imidazole rings is 1. The maximum absolute atomic E-state index is 5.35. The molecule has 0 atom stereocenters. The summed E-state index contributed by atoms with van der Waals surface area (Å²) in [7, 11) is 3.77. The topological polar surface area (TPSA) is 39.1 Å². The fraction of sp³-hybridized carbons (Fsp3) is 0.500. The predicted molar refractivity (Wildman–Crippen MR) is 55.6 cm³/mol. The summed E-state index contributed by atoms with van der Waals surface area (Å²) in [5.74, 6) is 1.64. The largest absolute Gasteiger partial charge is 0.473 e. The molecule has 0 aromatic carbocycles. The lowest BCUT2D eigenvalue weighted by Crippen LogP contribution is -2.09. The molecule has 1 heterocycles. The van der Waals surface area contributed by atoms with Crippen LogP contribution in [0.15, 0.2) is 18.7 Å². The summed E-state index contributed by atoms with van der Waals surface area (Å²) >= 11 is 0. The molecule has 1 rings (SSSR count). The van der Waals surface area contributed by atoms with E-state index < -0.39 is 0 Å². The first kappa shape index (κ1) is 10.6. The van der Waals surface area contributed by atoms with Gasteiger partial charge >= 0.3 is 0 Å². The lowest BCUT2D eigenvalue weighted by molar-refractivity contribution is 0.178. The van der Waals surface area contributed by atoms with Crippen molar-refractivity contribution in [2.45, 2.75) is 20.0 Å². The van der Waals surface area contributed by atoms with Gasteiger partial charge in [0.25, 0.3) is 0 Å². The van der Waals surface area contributed by atoms with Gasteiger partial charge in [0.15, 0.2) is 5.88 Å². The van der Waals surface area contributed by atoms with Crippen LogP contribution >= 0.6 is 0 Å². The second-order valence-corrected chi connectivity index (χ2v) is 3.04. The molecule has 1 aromatic rings. The van der Waals surface area contributed by atoms with Crippen LogP contribution in [0.5, 0.6) is 0 Å². The maximum atomic E-state index is 5.35. The van der Waals surface area contributed by atoms with Crippen molar-refractivity contribution < 1.29 is 4.74 Å². The van der Waals surface area contributed by atoms with Gasteiger partial charge in [-0.2, -0.15) is 0 Å². The summed E-state index contributed by atoms with van der Waals surface area (Å²) < 4.78 is 7.39. The van der Waals surface area contributed by atoms with Gasteiger partial charge < -0.3 is 14.6 Å². The Morgan fingerprint density at radius 1 is 1.71 bits per heavy atom. The molecule has 1 aromatic heterocycles. The second-order valence-electron chi connectivity index (χ2n) is 3.04. The van der Waals surface area contributed by atoms with Gasteiger partial charge in [0.2, 0.25) is 0 Å². The minimum absolute atomic E-state index is 0.503. The Morgan fingerprint density at radius 2 is 2.43 bits per heavy atom. The number of nitrogens with zero attached hydrogens (tertiary/aromatic N) is 2. The van der Waals surface area contributed by atoms with Crippen LogP contribution in [-0.4, -0.2) is 16.6 Å². The number of nitrogens with one attached hydrogen (secondary N) is 1. The third kappa shape index (κ3) is 2.28. The van der Waals surface area contributed by atoms with Crippen LogP contribution in [-0.2, 0) is 24.8 Å². The van der Waals surface area contributed by atoms with Gasteiger partial charge in [-0.25, -0.2) is 4.98 Å². The summed E-state index contributed by atoms with van der Waals surface area (Å²) in [4.78, 5) is 4.27. The molecule has 0 spiro atoms. The van der Waals surface area contributed by atoms with Gasteiger partial charge in [0.1, 0.15) is 12.4 Å². The SMILES string of the molecule is C=C(NC)OCc1cnc(CC)n1C. The average Bonchev–Trinajstić information content (AvgIpc) is 2.56. The van der Waals surface area contributed by atoms with Gasteiger partial charge in [0.05, 0.1) is 11.9 Å². The fourth-order valence-corrected chi connectivity index (χ4v) is 1.18. The molecule has 0 unspecified atom stereocenters. The number of aryl methyl sites for hydroxylation is 1. The molecule has 0 saturated heterocycles. The van der Waals surface area contributed by atoms with Crippen LogP contribution in [0.4, 0.5) is 0 Å². The van der Waals surface area contributed by atoms with E-state index in [0.29, 0.717) is 12.5 Å². The van der Waals surface area contributed by atoms with Crippen LogP contribution in [0, 0.1) is 0 Å². The zero-order valence-electron chi connectivity index (χ0n) is 9.00. The van der Waals surface area contributed by atoms with E-state index in [-0.39, 0.29) is 0 Å². The van der Waals surface area contributed by atoms with Crippen LogP contribution in [0.1, 0.15) is 18.4 Å². The molecule has 0 aliphatic carbocycles. The molecule has 0 radical (unpaired) electrons. The number of ether oxygens (including phenoxy) is 1.